The summed E-state index contributed by atoms with van der Waals surface area (Å²) in [7, 11) is 0. The highest BCUT2D eigenvalue weighted by atomic mass is 32.2. The Labute approximate surface area is 169 Å². The highest BCUT2D eigenvalue weighted by Crippen LogP contribution is 2.19. The zero-order valence-corrected chi connectivity index (χ0v) is 16.8. The van der Waals surface area contributed by atoms with Crippen molar-refractivity contribution in [2.45, 2.75) is 24.8 Å². The Kier molecular flexibility index (Phi) is 7.25. The Morgan fingerprint density at radius 2 is 1.79 bits per heavy atom. The fourth-order valence-electron chi connectivity index (χ4n) is 3.06. The molecule has 1 aliphatic rings. The zero-order valence-electron chi connectivity index (χ0n) is 16.0. The molecule has 28 heavy (non-hydrogen) atoms. The topological polar surface area (TPSA) is 78.4 Å². The molecule has 0 unspecified atom stereocenters. The SMILES string of the molecule is CC(=O)Nc1ccc(SCCCC(=O)N2CCN(c3ccccc3)CC2)nn1. The van der Waals surface area contributed by atoms with Gasteiger partial charge in [-0.25, -0.2) is 0 Å². The van der Waals surface area contributed by atoms with Crippen LogP contribution in [0.2, 0.25) is 0 Å². The van der Waals surface area contributed by atoms with Gasteiger partial charge in [0.05, 0.1) is 0 Å². The first-order chi connectivity index (χ1) is 13.6. The van der Waals surface area contributed by atoms with Crippen LogP contribution in [-0.4, -0.2) is 58.8 Å². The molecule has 1 aliphatic heterocycles. The minimum atomic E-state index is -0.169. The van der Waals surface area contributed by atoms with E-state index in [-0.39, 0.29) is 11.8 Å². The van der Waals surface area contributed by atoms with Gasteiger partial charge in [-0.1, -0.05) is 18.2 Å². The molecule has 148 valence electrons. The van der Waals surface area contributed by atoms with Crippen LogP contribution in [0.5, 0.6) is 0 Å². The molecule has 2 heterocycles. The van der Waals surface area contributed by atoms with Crippen molar-refractivity contribution in [3.05, 3.63) is 42.5 Å². The molecular weight excluding hydrogens is 374 g/mol. The van der Waals surface area contributed by atoms with E-state index in [1.807, 2.05) is 29.2 Å². The normalized spacial score (nSPS) is 14.0. The number of hydrogen-bond donors (Lipinski definition) is 1. The Bertz CT molecular complexity index is 777. The summed E-state index contributed by atoms with van der Waals surface area (Å²) in [5.41, 5.74) is 1.22. The maximum atomic E-state index is 12.4. The monoisotopic (exact) mass is 399 g/mol. The largest absolute Gasteiger partial charge is 0.368 e. The van der Waals surface area contributed by atoms with E-state index >= 15 is 0 Å². The van der Waals surface area contributed by atoms with E-state index in [0.717, 1.165) is 43.4 Å². The lowest BCUT2D eigenvalue weighted by atomic mass is 10.2. The van der Waals surface area contributed by atoms with E-state index in [0.29, 0.717) is 12.2 Å². The molecule has 3 rings (SSSR count). The number of anilines is 2. The minimum absolute atomic E-state index is 0.169. The molecule has 7 nitrogen and oxygen atoms in total. The van der Waals surface area contributed by atoms with Gasteiger partial charge in [0, 0.05) is 51.0 Å². The second-order valence-corrected chi connectivity index (χ2v) is 7.71. The molecule has 2 amide bonds. The van der Waals surface area contributed by atoms with Crippen molar-refractivity contribution in [1.82, 2.24) is 15.1 Å². The number of carbonyl (C=O) groups excluding carboxylic acids is 2. The van der Waals surface area contributed by atoms with Crippen molar-refractivity contribution in [3.63, 3.8) is 0 Å². The van der Waals surface area contributed by atoms with E-state index in [9.17, 15) is 9.59 Å². The summed E-state index contributed by atoms with van der Waals surface area (Å²) in [4.78, 5) is 27.7. The quantitative estimate of drug-likeness (QED) is 0.570. The van der Waals surface area contributed by atoms with Crippen LogP contribution < -0.4 is 10.2 Å². The molecule has 0 radical (unpaired) electrons. The second-order valence-electron chi connectivity index (χ2n) is 6.59. The van der Waals surface area contributed by atoms with Crippen molar-refractivity contribution >= 4 is 35.1 Å². The maximum Gasteiger partial charge on any atom is 0.222 e. The predicted molar refractivity (Wildman–Crippen MR) is 112 cm³/mol. The molecule has 1 aromatic heterocycles. The van der Waals surface area contributed by atoms with Crippen LogP contribution in [0.3, 0.4) is 0 Å². The minimum Gasteiger partial charge on any atom is -0.368 e. The van der Waals surface area contributed by atoms with Crippen LogP contribution in [-0.2, 0) is 9.59 Å². The molecule has 0 aliphatic carbocycles. The number of aromatic nitrogens is 2. The number of hydrogen-bond acceptors (Lipinski definition) is 6. The first-order valence-electron chi connectivity index (χ1n) is 9.44. The highest BCUT2D eigenvalue weighted by Gasteiger charge is 2.20. The molecular formula is C20H25N5O2S. The van der Waals surface area contributed by atoms with Gasteiger partial charge in [0.25, 0.3) is 0 Å². The first kappa shape index (κ1) is 20.1. The van der Waals surface area contributed by atoms with Gasteiger partial charge in [-0.2, -0.15) is 0 Å². The van der Waals surface area contributed by atoms with Gasteiger partial charge < -0.3 is 15.1 Å². The third-order valence-electron chi connectivity index (χ3n) is 4.48. The smallest absolute Gasteiger partial charge is 0.222 e. The molecule has 2 aromatic rings. The number of para-hydroxylation sites is 1. The number of carbonyl (C=O) groups is 2. The fourth-order valence-corrected chi connectivity index (χ4v) is 3.82. The third-order valence-corrected chi connectivity index (χ3v) is 5.49. The van der Waals surface area contributed by atoms with Gasteiger partial charge in [-0.15, -0.1) is 22.0 Å². The van der Waals surface area contributed by atoms with Gasteiger partial charge in [-0.3, -0.25) is 9.59 Å². The van der Waals surface area contributed by atoms with Gasteiger partial charge >= 0.3 is 0 Å². The van der Waals surface area contributed by atoms with E-state index < -0.39 is 0 Å². The number of benzene rings is 1. The summed E-state index contributed by atoms with van der Waals surface area (Å²) in [5, 5.41) is 11.4. The summed E-state index contributed by atoms with van der Waals surface area (Å²) >= 11 is 1.57. The number of nitrogens with zero attached hydrogens (tertiary/aromatic N) is 4. The van der Waals surface area contributed by atoms with Crippen LogP contribution in [0.25, 0.3) is 0 Å². The van der Waals surface area contributed by atoms with Crippen molar-refractivity contribution in [1.29, 1.82) is 0 Å². The molecule has 0 spiro atoms. The summed E-state index contributed by atoms with van der Waals surface area (Å²) in [5.74, 6) is 1.31. The standard InChI is InChI=1S/C20H25N5O2S/c1-16(26)21-18-9-10-19(23-22-18)28-15-5-8-20(27)25-13-11-24(12-14-25)17-6-3-2-4-7-17/h2-4,6-7,9-10H,5,8,11-15H2,1H3,(H,21,22,26). The maximum absolute atomic E-state index is 12.4. The van der Waals surface area contributed by atoms with E-state index in [1.165, 1.54) is 12.6 Å². The van der Waals surface area contributed by atoms with Crippen LogP contribution in [0.15, 0.2) is 47.5 Å². The number of nitrogens with one attached hydrogen (secondary N) is 1. The van der Waals surface area contributed by atoms with Gasteiger partial charge in [0.2, 0.25) is 11.8 Å². The third kappa shape index (κ3) is 5.95. The first-order valence-corrected chi connectivity index (χ1v) is 10.4. The predicted octanol–water partition coefficient (Wildman–Crippen LogP) is 2.66. The molecule has 0 bridgehead atoms. The van der Waals surface area contributed by atoms with Crippen LogP contribution in [0.4, 0.5) is 11.5 Å². The van der Waals surface area contributed by atoms with Gasteiger partial charge in [0.15, 0.2) is 5.82 Å². The average Bonchev–Trinajstić information content (AvgIpc) is 2.72. The summed E-state index contributed by atoms with van der Waals surface area (Å²) < 4.78 is 0. The zero-order chi connectivity index (χ0) is 19.8. The summed E-state index contributed by atoms with van der Waals surface area (Å²) in [6, 6.07) is 13.9. The van der Waals surface area contributed by atoms with Gasteiger partial charge in [-0.05, 0) is 30.7 Å². The Morgan fingerprint density at radius 1 is 1.04 bits per heavy atom. The summed E-state index contributed by atoms with van der Waals surface area (Å²) in [6.45, 7) is 4.73. The fraction of sp³-hybridized carbons (Fsp3) is 0.400. The second kappa shape index (κ2) is 10.1. The molecule has 1 saturated heterocycles. The lowest BCUT2D eigenvalue weighted by Gasteiger charge is -2.36. The van der Waals surface area contributed by atoms with E-state index in [4.69, 9.17) is 0 Å². The van der Waals surface area contributed by atoms with Crippen molar-refractivity contribution in [3.8, 4) is 0 Å². The Balaban J connectivity index is 1.34. The molecule has 0 saturated carbocycles. The van der Waals surface area contributed by atoms with Gasteiger partial charge in [0.1, 0.15) is 5.03 Å². The average molecular weight is 400 g/mol. The van der Waals surface area contributed by atoms with Crippen molar-refractivity contribution < 1.29 is 9.59 Å². The van der Waals surface area contributed by atoms with Crippen LogP contribution >= 0.6 is 11.8 Å². The number of amides is 2. The Morgan fingerprint density at radius 3 is 2.43 bits per heavy atom. The number of piperazine rings is 1. The number of rotatable bonds is 7. The van der Waals surface area contributed by atoms with Crippen molar-refractivity contribution in [2.24, 2.45) is 0 Å². The van der Waals surface area contributed by atoms with Crippen molar-refractivity contribution in [2.75, 3.05) is 42.1 Å². The Hall–Kier alpha value is -2.61. The van der Waals surface area contributed by atoms with E-state index in [2.05, 4.69) is 32.5 Å². The molecule has 1 fully saturated rings. The van der Waals surface area contributed by atoms with Crippen LogP contribution in [0, 0.1) is 0 Å². The van der Waals surface area contributed by atoms with E-state index in [1.54, 1.807) is 17.8 Å². The highest BCUT2D eigenvalue weighted by molar-refractivity contribution is 7.99. The molecule has 1 aromatic carbocycles. The van der Waals surface area contributed by atoms with Crippen LogP contribution in [0.1, 0.15) is 19.8 Å². The molecule has 1 N–H and O–H groups in total. The summed E-state index contributed by atoms with van der Waals surface area (Å²) in [6.07, 6.45) is 1.35. The lowest BCUT2D eigenvalue weighted by molar-refractivity contribution is -0.131. The number of thioether (sulfide) groups is 1. The lowest BCUT2D eigenvalue weighted by Crippen LogP contribution is -2.48. The molecule has 0 atom stereocenters. The molecule has 8 heteroatoms.